The van der Waals surface area contributed by atoms with Crippen molar-refractivity contribution in [3.05, 3.63) is 94.8 Å². The van der Waals surface area contributed by atoms with Gasteiger partial charge in [-0.2, -0.15) is 0 Å². The summed E-state index contributed by atoms with van der Waals surface area (Å²) in [4.78, 5) is 24.9. The molecule has 5 nitrogen and oxygen atoms in total. The molecular weight excluding hydrogens is 393 g/mol. The van der Waals surface area contributed by atoms with Crippen molar-refractivity contribution in [1.29, 1.82) is 0 Å². The van der Waals surface area contributed by atoms with Crippen molar-refractivity contribution in [2.24, 2.45) is 0 Å². The number of carbonyl (C=O) groups excluding carboxylic acids is 2. The first-order valence-corrected chi connectivity index (χ1v) is 10.4. The maximum absolute atomic E-state index is 13.7. The molecule has 1 aliphatic rings. The second kappa shape index (κ2) is 7.25. The van der Waals surface area contributed by atoms with Gasteiger partial charge in [0.25, 0.3) is 5.91 Å². The van der Waals surface area contributed by atoms with Crippen LogP contribution in [0.1, 0.15) is 31.8 Å². The number of hydrogen-bond donors (Lipinski definition) is 1. The van der Waals surface area contributed by atoms with Gasteiger partial charge in [0.1, 0.15) is 5.82 Å². The normalized spacial score (nSPS) is 14.0. The molecule has 1 heterocycles. The summed E-state index contributed by atoms with van der Waals surface area (Å²) in [7, 11) is -3.91. The van der Waals surface area contributed by atoms with Gasteiger partial charge in [-0.3, -0.25) is 9.59 Å². The highest BCUT2D eigenvalue weighted by Crippen LogP contribution is 2.34. The number of carbonyl (C=O) groups is 2. The zero-order valence-corrected chi connectivity index (χ0v) is 16.0. The van der Waals surface area contributed by atoms with E-state index in [1.807, 2.05) is 0 Å². The molecule has 3 aromatic carbocycles. The van der Waals surface area contributed by atoms with E-state index >= 15 is 0 Å². The van der Waals surface area contributed by atoms with Crippen LogP contribution in [0.15, 0.2) is 76.5 Å². The standard InChI is InChI=1S/C22H16FNO4S/c23-18-7-3-1-5-14(18)11-12-24-22(26)15-9-10-17-20(13-15)29(27,28)19-8-4-2-6-16(19)21(17)25/h1-10,13H,11-12H2,(H,24,26). The van der Waals surface area contributed by atoms with Crippen LogP contribution in [0.5, 0.6) is 0 Å². The fourth-order valence-corrected chi connectivity index (χ4v) is 5.02. The Bertz CT molecular complexity index is 1250. The summed E-state index contributed by atoms with van der Waals surface area (Å²) in [6.45, 7) is 0.186. The SMILES string of the molecule is O=C(NCCc1ccccc1F)c1ccc2c(c1)S(=O)(=O)c1ccccc1C2=O. The highest BCUT2D eigenvalue weighted by atomic mass is 32.2. The van der Waals surface area contributed by atoms with Crippen molar-refractivity contribution in [3.8, 4) is 0 Å². The van der Waals surface area contributed by atoms with Gasteiger partial charge < -0.3 is 5.32 Å². The quantitative estimate of drug-likeness (QED) is 0.561. The zero-order valence-electron chi connectivity index (χ0n) is 15.2. The average molecular weight is 409 g/mol. The van der Waals surface area contributed by atoms with Gasteiger partial charge in [0.05, 0.1) is 9.79 Å². The number of ketones is 1. The monoisotopic (exact) mass is 409 g/mol. The zero-order chi connectivity index (χ0) is 20.6. The third kappa shape index (κ3) is 3.34. The predicted molar refractivity (Wildman–Crippen MR) is 104 cm³/mol. The van der Waals surface area contributed by atoms with Crippen LogP contribution in [-0.2, 0) is 16.3 Å². The Balaban J connectivity index is 1.58. The number of rotatable bonds is 4. The molecule has 0 aliphatic carbocycles. The molecule has 146 valence electrons. The molecule has 29 heavy (non-hydrogen) atoms. The minimum absolute atomic E-state index is 0.0478. The van der Waals surface area contributed by atoms with Gasteiger partial charge >= 0.3 is 0 Å². The summed E-state index contributed by atoms with van der Waals surface area (Å²) in [5.74, 6) is -1.23. The van der Waals surface area contributed by atoms with Gasteiger partial charge in [0, 0.05) is 23.2 Å². The van der Waals surface area contributed by atoms with Gasteiger partial charge in [-0.1, -0.05) is 30.3 Å². The Morgan fingerprint density at radius 2 is 1.59 bits per heavy atom. The molecular formula is C22H16FNO4S. The molecule has 0 aromatic heterocycles. The van der Waals surface area contributed by atoms with Crippen LogP contribution in [0, 0.1) is 5.82 Å². The van der Waals surface area contributed by atoms with E-state index in [9.17, 15) is 22.4 Å². The van der Waals surface area contributed by atoms with Crippen LogP contribution in [0.25, 0.3) is 0 Å². The van der Waals surface area contributed by atoms with E-state index in [1.54, 1.807) is 30.3 Å². The first-order valence-electron chi connectivity index (χ1n) is 8.94. The third-order valence-electron chi connectivity index (χ3n) is 4.84. The third-order valence-corrected chi connectivity index (χ3v) is 6.69. The fourth-order valence-electron chi connectivity index (χ4n) is 3.34. The molecule has 0 saturated carbocycles. The maximum atomic E-state index is 13.7. The molecule has 0 atom stereocenters. The van der Waals surface area contributed by atoms with Crippen LogP contribution >= 0.6 is 0 Å². The number of hydrogen-bond acceptors (Lipinski definition) is 4. The molecule has 0 saturated heterocycles. The van der Waals surface area contributed by atoms with E-state index in [-0.39, 0.29) is 38.8 Å². The molecule has 0 spiro atoms. The number of halogens is 1. The van der Waals surface area contributed by atoms with Crippen molar-refractivity contribution < 1.29 is 22.4 Å². The number of amides is 1. The van der Waals surface area contributed by atoms with Crippen molar-refractivity contribution >= 4 is 21.5 Å². The number of sulfone groups is 1. The highest BCUT2D eigenvalue weighted by Gasteiger charge is 2.34. The van der Waals surface area contributed by atoms with Crippen LogP contribution in [0.3, 0.4) is 0 Å². The van der Waals surface area contributed by atoms with Crippen molar-refractivity contribution in [3.63, 3.8) is 0 Å². The number of benzene rings is 3. The van der Waals surface area contributed by atoms with Gasteiger partial charge in [0.15, 0.2) is 5.78 Å². The fraction of sp³-hybridized carbons (Fsp3) is 0.0909. The van der Waals surface area contributed by atoms with Crippen molar-refractivity contribution in [1.82, 2.24) is 5.32 Å². The first kappa shape index (κ1) is 19.0. The lowest BCUT2D eigenvalue weighted by molar-refractivity contribution is 0.0951. The smallest absolute Gasteiger partial charge is 0.251 e. The lowest BCUT2D eigenvalue weighted by Crippen LogP contribution is -2.27. The molecule has 1 amide bonds. The minimum atomic E-state index is -3.91. The van der Waals surface area contributed by atoms with E-state index < -0.39 is 21.5 Å². The molecule has 0 radical (unpaired) electrons. The Hall–Kier alpha value is -3.32. The van der Waals surface area contributed by atoms with E-state index in [0.717, 1.165) is 0 Å². The molecule has 0 unspecified atom stereocenters. The predicted octanol–water partition coefficient (Wildman–Crippen LogP) is 3.18. The van der Waals surface area contributed by atoms with Crippen LogP contribution in [0.2, 0.25) is 0 Å². The second-order valence-corrected chi connectivity index (χ2v) is 8.52. The first-order chi connectivity index (χ1) is 13.9. The Morgan fingerprint density at radius 1 is 0.897 bits per heavy atom. The Morgan fingerprint density at radius 3 is 2.38 bits per heavy atom. The van der Waals surface area contributed by atoms with Gasteiger partial charge in [-0.15, -0.1) is 0 Å². The highest BCUT2D eigenvalue weighted by molar-refractivity contribution is 7.91. The average Bonchev–Trinajstić information content (AvgIpc) is 2.73. The topological polar surface area (TPSA) is 80.3 Å². The molecule has 1 N–H and O–H groups in total. The maximum Gasteiger partial charge on any atom is 0.251 e. The summed E-state index contributed by atoms with van der Waals surface area (Å²) in [5.41, 5.74) is 0.768. The summed E-state index contributed by atoms with van der Waals surface area (Å²) in [5, 5.41) is 2.65. The molecule has 0 fully saturated rings. The van der Waals surface area contributed by atoms with E-state index in [1.165, 1.54) is 36.4 Å². The summed E-state index contributed by atoms with van der Waals surface area (Å²) in [6, 6.07) is 16.3. The number of nitrogens with one attached hydrogen (secondary N) is 1. The molecule has 4 rings (SSSR count). The number of fused-ring (bicyclic) bond motifs is 2. The van der Waals surface area contributed by atoms with Crippen LogP contribution < -0.4 is 5.32 Å². The lowest BCUT2D eigenvalue weighted by atomic mass is 10.0. The van der Waals surface area contributed by atoms with Crippen molar-refractivity contribution in [2.75, 3.05) is 6.54 Å². The van der Waals surface area contributed by atoms with Crippen LogP contribution in [0.4, 0.5) is 4.39 Å². The lowest BCUT2D eigenvalue weighted by Gasteiger charge is -2.19. The summed E-state index contributed by atoms with van der Waals surface area (Å²) in [6.07, 6.45) is 0.299. The molecule has 1 aliphatic heterocycles. The van der Waals surface area contributed by atoms with Crippen molar-refractivity contribution in [2.45, 2.75) is 16.2 Å². The minimum Gasteiger partial charge on any atom is -0.352 e. The summed E-state index contributed by atoms with van der Waals surface area (Å²) >= 11 is 0. The summed E-state index contributed by atoms with van der Waals surface area (Å²) < 4.78 is 39.5. The van der Waals surface area contributed by atoms with Gasteiger partial charge in [-0.25, -0.2) is 12.8 Å². The van der Waals surface area contributed by atoms with Gasteiger partial charge in [0.2, 0.25) is 9.84 Å². The Kier molecular flexibility index (Phi) is 4.76. The van der Waals surface area contributed by atoms with E-state index in [0.29, 0.717) is 12.0 Å². The Labute approximate surface area is 167 Å². The molecule has 7 heteroatoms. The second-order valence-electron chi connectivity index (χ2n) is 6.64. The van der Waals surface area contributed by atoms with Gasteiger partial charge in [-0.05, 0) is 48.4 Å². The largest absolute Gasteiger partial charge is 0.352 e. The van der Waals surface area contributed by atoms with E-state index in [2.05, 4.69) is 5.32 Å². The molecule has 3 aromatic rings. The molecule has 0 bridgehead atoms. The van der Waals surface area contributed by atoms with E-state index in [4.69, 9.17) is 0 Å². The van der Waals surface area contributed by atoms with Crippen LogP contribution in [-0.4, -0.2) is 26.7 Å².